The molecule has 0 amide bonds. The number of furan rings is 1. The van der Waals surface area contributed by atoms with Crippen LogP contribution in [0.25, 0.3) is 0 Å². The molecule has 0 saturated carbocycles. The summed E-state index contributed by atoms with van der Waals surface area (Å²) in [5, 5.41) is 3.74. The molecule has 5 rings (SSSR count). The van der Waals surface area contributed by atoms with Gasteiger partial charge in [-0.25, -0.2) is 0 Å². The van der Waals surface area contributed by atoms with E-state index in [9.17, 15) is 0 Å². The summed E-state index contributed by atoms with van der Waals surface area (Å²) in [5.74, 6) is 1.72. The first-order valence-electron chi connectivity index (χ1n) is 7.03. The van der Waals surface area contributed by atoms with Crippen LogP contribution in [0.2, 0.25) is 0 Å². The second kappa shape index (κ2) is 4.08. The summed E-state index contributed by atoms with van der Waals surface area (Å²) < 4.78 is 11.7. The van der Waals surface area contributed by atoms with E-state index in [0.29, 0.717) is 12.0 Å². The van der Waals surface area contributed by atoms with E-state index >= 15 is 0 Å². The molecule has 0 aromatic carbocycles. The van der Waals surface area contributed by atoms with E-state index in [1.807, 2.05) is 6.07 Å². The van der Waals surface area contributed by atoms with Crippen LogP contribution >= 0.6 is 0 Å². The summed E-state index contributed by atoms with van der Waals surface area (Å²) in [6.07, 6.45) is 5.29. The van der Waals surface area contributed by atoms with Gasteiger partial charge in [0.1, 0.15) is 11.5 Å². The predicted octanol–water partition coefficient (Wildman–Crippen LogP) is 1.75. The van der Waals surface area contributed by atoms with E-state index in [2.05, 4.69) is 16.3 Å². The second-order valence-corrected chi connectivity index (χ2v) is 5.79. The number of piperidine rings is 3. The molecule has 0 radical (unpaired) electrons. The minimum absolute atomic E-state index is 0.119. The average Bonchev–Trinajstić information content (AvgIpc) is 2.94. The van der Waals surface area contributed by atoms with Crippen LogP contribution < -0.4 is 5.32 Å². The van der Waals surface area contributed by atoms with Crippen molar-refractivity contribution in [2.75, 3.05) is 26.2 Å². The number of fused-ring (bicyclic) bond motifs is 2. The van der Waals surface area contributed by atoms with Gasteiger partial charge < -0.3 is 9.15 Å². The van der Waals surface area contributed by atoms with Crippen molar-refractivity contribution in [3.63, 3.8) is 0 Å². The highest BCUT2D eigenvalue weighted by atomic mass is 16.5. The highest BCUT2D eigenvalue weighted by Gasteiger charge is 2.50. The van der Waals surface area contributed by atoms with Crippen molar-refractivity contribution in [2.45, 2.75) is 31.0 Å². The maximum absolute atomic E-state index is 6.17. The Bertz CT molecular complexity index is 411. The SMILES string of the molecule is c1coc(C2CCOC3(CN4CCC3CC4)N2)c1. The van der Waals surface area contributed by atoms with Crippen molar-refractivity contribution < 1.29 is 9.15 Å². The molecular weight excluding hydrogens is 228 g/mol. The molecule has 4 saturated heterocycles. The van der Waals surface area contributed by atoms with Gasteiger partial charge in [-0.1, -0.05) is 0 Å². The molecule has 1 spiro atoms. The Balaban J connectivity index is 1.58. The number of nitrogens with one attached hydrogen (secondary N) is 1. The zero-order valence-corrected chi connectivity index (χ0v) is 10.6. The monoisotopic (exact) mass is 248 g/mol. The largest absolute Gasteiger partial charge is 0.468 e. The molecule has 4 fully saturated rings. The van der Waals surface area contributed by atoms with E-state index in [1.165, 1.54) is 25.9 Å². The van der Waals surface area contributed by atoms with E-state index in [0.717, 1.165) is 25.3 Å². The molecule has 18 heavy (non-hydrogen) atoms. The van der Waals surface area contributed by atoms with Crippen LogP contribution in [0.15, 0.2) is 22.8 Å². The van der Waals surface area contributed by atoms with Gasteiger partial charge in [-0.15, -0.1) is 0 Å². The van der Waals surface area contributed by atoms with Gasteiger partial charge in [0.2, 0.25) is 0 Å². The molecule has 98 valence electrons. The summed E-state index contributed by atoms with van der Waals surface area (Å²) >= 11 is 0. The maximum atomic E-state index is 6.17. The predicted molar refractivity (Wildman–Crippen MR) is 67.0 cm³/mol. The maximum Gasteiger partial charge on any atom is 0.135 e. The summed E-state index contributed by atoms with van der Waals surface area (Å²) in [6.45, 7) is 4.35. The first kappa shape index (κ1) is 11.0. The molecular formula is C14H20N2O2. The molecule has 4 aliphatic heterocycles. The topological polar surface area (TPSA) is 37.6 Å². The number of rotatable bonds is 1. The fourth-order valence-corrected chi connectivity index (χ4v) is 3.82. The lowest BCUT2D eigenvalue weighted by Crippen LogP contribution is -2.69. The summed E-state index contributed by atoms with van der Waals surface area (Å²) in [4.78, 5) is 2.53. The van der Waals surface area contributed by atoms with Gasteiger partial charge in [0.25, 0.3) is 0 Å². The van der Waals surface area contributed by atoms with Crippen molar-refractivity contribution in [3.05, 3.63) is 24.2 Å². The molecule has 0 aliphatic carbocycles. The lowest BCUT2D eigenvalue weighted by molar-refractivity contribution is -0.199. The molecule has 2 unspecified atom stereocenters. The standard InChI is InChI=1S/C14H20N2O2/c1-2-13(17-8-1)12-5-9-18-14(15-12)10-16-6-3-11(14)4-7-16/h1-2,8,11-12,15H,3-7,9-10H2. The van der Waals surface area contributed by atoms with Gasteiger partial charge in [-0.3, -0.25) is 10.2 Å². The molecule has 4 aliphatic rings. The van der Waals surface area contributed by atoms with Gasteiger partial charge in [-0.05, 0) is 44.5 Å². The molecule has 1 N–H and O–H groups in total. The smallest absolute Gasteiger partial charge is 0.135 e. The van der Waals surface area contributed by atoms with Crippen LogP contribution in [0.4, 0.5) is 0 Å². The van der Waals surface area contributed by atoms with Gasteiger partial charge >= 0.3 is 0 Å². The quantitative estimate of drug-likeness (QED) is 0.821. The lowest BCUT2D eigenvalue weighted by atomic mass is 9.79. The van der Waals surface area contributed by atoms with Crippen LogP contribution in [-0.2, 0) is 4.74 Å². The normalized spacial score (nSPS) is 43.4. The van der Waals surface area contributed by atoms with Crippen LogP contribution in [0, 0.1) is 5.92 Å². The molecule has 4 heteroatoms. The third-order valence-corrected chi connectivity index (χ3v) is 4.78. The van der Waals surface area contributed by atoms with E-state index in [-0.39, 0.29) is 5.72 Å². The van der Waals surface area contributed by atoms with Crippen LogP contribution in [0.3, 0.4) is 0 Å². The molecule has 1 aromatic rings. The van der Waals surface area contributed by atoms with Crippen LogP contribution in [0.1, 0.15) is 31.1 Å². The highest BCUT2D eigenvalue weighted by molar-refractivity contribution is 5.09. The lowest BCUT2D eigenvalue weighted by Gasteiger charge is -2.55. The number of hydrogen-bond donors (Lipinski definition) is 1. The average molecular weight is 248 g/mol. The molecule has 5 heterocycles. The third kappa shape index (κ3) is 1.63. The Hall–Kier alpha value is -0.840. The van der Waals surface area contributed by atoms with Gasteiger partial charge in [-0.2, -0.15) is 0 Å². The Kier molecular flexibility index (Phi) is 2.50. The number of ether oxygens (including phenoxy) is 1. The minimum Gasteiger partial charge on any atom is -0.468 e. The first-order chi connectivity index (χ1) is 8.86. The van der Waals surface area contributed by atoms with Gasteiger partial charge in [0, 0.05) is 12.5 Å². The third-order valence-electron chi connectivity index (χ3n) is 4.78. The Morgan fingerprint density at radius 3 is 2.83 bits per heavy atom. The summed E-state index contributed by atoms with van der Waals surface area (Å²) in [7, 11) is 0. The van der Waals surface area contributed by atoms with E-state index in [1.54, 1.807) is 6.26 Å². The van der Waals surface area contributed by atoms with Crippen molar-refractivity contribution in [1.29, 1.82) is 0 Å². The number of hydrogen-bond acceptors (Lipinski definition) is 4. The Labute approximate surface area is 107 Å². The van der Waals surface area contributed by atoms with Crippen molar-refractivity contribution in [1.82, 2.24) is 10.2 Å². The van der Waals surface area contributed by atoms with Crippen LogP contribution in [-0.4, -0.2) is 36.9 Å². The molecule has 1 aromatic heterocycles. The van der Waals surface area contributed by atoms with Gasteiger partial charge in [0.15, 0.2) is 0 Å². The van der Waals surface area contributed by atoms with Crippen molar-refractivity contribution in [2.24, 2.45) is 5.92 Å². The van der Waals surface area contributed by atoms with Crippen molar-refractivity contribution in [3.8, 4) is 0 Å². The number of nitrogens with zero attached hydrogens (tertiary/aromatic N) is 1. The fraction of sp³-hybridized carbons (Fsp3) is 0.714. The van der Waals surface area contributed by atoms with E-state index in [4.69, 9.17) is 9.15 Å². The summed E-state index contributed by atoms with van der Waals surface area (Å²) in [6, 6.07) is 4.35. The zero-order valence-electron chi connectivity index (χ0n) is 10.6. The van der Waals surface area contributed by atoms with Crippen LogP contribution in [0.5, 0.6) is 0 Å². The molecule has 2 atom stereocenters. The first-order valence-corrected chi connectivity index (χ1v) is 7.03. The Morgan fingerprint density at radius 1 is 1.28 bits per heavy atom. The fourth-order valence-electron chi connectivity index (χ4n) is 3.82. The molecule has 2 bridgehead atoms. The second-order valence-electron chi connectivity index (χ2n) is 5.79. The van der Waals surface area contributed by atoms with Gasteiger partial charge in [0.05, 0.1) is 18.9 Å². The zero-order chi connectivity index (χ0) is 12.0. The highest BCUT2D eigenvalue weighted by Crippen LogP contribution is 2.40. The Morgan fingerprint density at radius 2 is 2.17 bits per heavy atom. The minimum atomic E-state index is -0.119. The molecule has 4 nitrogen and oxygen atoms in total. The van der Waals surface area contributed by atoms with E-state index < -0.39 is 0 Å². The summed E-state index contributed by atoms with van der Waals surface area (Å²) in [5.41, 5.74) is -0.119. The van der Waals surface area contributed by atoms with Crippen molar-refractivity contribution >= 4 is 0 Å².